The molecule has 4 nitrogen and oxygen atoms in total. The number of alkyl halides is 1. The van der Waals surface area contributed by atoms with E-state index in [0.717, 1.165) is 17.5 Å². The summed E-state index contributed by atoms with van der Waals surface area (Å²) in [7, 11) is -3.46. The summed E-state index contributed by atoms with van der Waals surface area (Å²) >= 11 is 5.78. The minimum atomic E-state index is -3.46. The predicted octanol–water partition coefficient (Wildman–Crippen LogP) is 2.90. The number of halogens is 1. The minimum absolute atomic E-state index is 0.0441. The van der Waals surface area contributed by atoms with Crippen molar-refractivity contribution in [1.82, 2.24) is 0 Å². The quantitative estimate of drug-likeness (QED) is 0.803. The summed E-state index contributed by atoms with van der Waals surface area (Å²) in [6, 6.07) is 7.55. The Labute approximate surface area is 124 Å². The molecule has 0 radical (unpaired) electrons. The highest BCUT2D eigenvalue weighted by molar-refractivity contribution is 8.05. The number of nitrogens with zero attached hydrogens (tertiary/aromatic N) is 1. The number of rotatable bonds is 4. The van der Waals surface area contributed by atoms with Gasteiger partial charge in [0.05, 0.1) is 11.6 Å². The highest BCUT2D eigenvalue weighted by Crippen LogP contribution is 2.28. The Morgan fingerprint density at radius 1 is 1.35 bits per heavy atom. The molecule has 2 rings (SSSR count). The van der Waals surface area contributed by atoms with Gasteiger partial charge in [0.2, 0.25) is 0 Å². The van der Waals surface area contributed by atoms with Gasteiger partial charge in [0.25, 0.3) is 0 Å². The first kappa shape index (κ1) is 15.3. The van der Waals surface area contributed by atoms with Crippen LogP contribution in [0.2, 0.25) is 0 Å². The maximum Gasteiger partial charge on any atom is 0.199 e. The van der Waals surface area contributed by atoms with Crippen molar-refractivity contribution >= 4 is 26.5 Å². The van der Waals surface area contributed by atoms with E-state index in [0.29, 0.717) is 0 Å². The summed E-state index contributed by atoms with van der Waals surface area (Å²) in [5, 5.41) is 3.82. The third-order valence-corrected chi connectivity index (χ3v) is 5.57. The second-order valence-electron chi connectivity index (χ2n) is 5.22. The fourth-order valence-corrected chi connectivity index (χ4v) is 3.79. The molecule has 1 atom stereocenters. The molecule has 0 N–H and O–H groups in total. The molecule has 0 fully saturated rings. The van der Waals surface area contributed by atoms with E-state index in [1.54, 1.807) is 6.92 Å². The molecular formula is C14H18ClNO3S. The minimum Gasteiger partial charge on any atom is -0.387 e. The van der Waals surface area contributed by atoms with Crippen molar-refractivity contribution in [1.29, 1.82) is 0 Å². The standard InChI is InChI=1S/C14H18ClNO3S/c1-3-11-6-4-5-7-12(11)9-20(17,18)13-8-14(2,10-15)19-16-13/h4-7H,3,8-10H2,1-2H3. The van der Waals surface area contributed by atoms with E-state index in [1.165, 1.54) is 0 Å². The van der Waals surface area contributed by atoms with Crippen LogP contribution in [0, 0.1) is 0 Å². The molecule has 1 aromatic carbocycles. The normalized spacial score (nSPS) is 22.4. The fraction of sp³-hybridized carbons (Fsp3) is 0.500. The third-order valence-electron chi connectivity index (χ3n) is 3.38. The summed E-state index contributed by atoms with van der Waals surface area (Å²) in [6.45, 7) is 3.76. The van der Waals surface area contributed by atoms with Gasteiger partial charge in [-0.15, -0.1) is 11.6 Å². The smallest absolute Gasteiger partial charge is 0.199 e. The van der Waals surface area contributed by atoms with Gasteiger partial charge in [-0.3, -0.25) is 0 Å². The Hall–Kier alpha value is -1.07. The van der Waals surface area contributed by atoms with Crippen LogP contribution in [-0.4, -0.2) is 24.9 Å². The van der Waals surface area contributed by atoms with Gasteiger partial charge in [0.1, 0.15) is 0 Å². The van der Waals surface area contributed by atoms with Crippen LogP contribution in [0.1, 0.15) is 31.4 Å². The largest absolute Gasteiger partial charge is 0.387 e. The summed E-state index contributed by atoms with van der Waals surface area (Å²) in [6.07, 6.45) is 1.03. The van der Waals surface area contributed by atoms with Gasteiger partial charge in [-0.1, -0.05) is 36.3 Å². The zero-order chi connectivity index (χ0) is 14.8. The monoisotopic (exact) mass is 315 g/mol. The molecule has 20 heavy (non-hydrogen) atoms. The fourth-order valence-electron chi connectivity index (χ4n) is 2.12. The molecule has 6 heteroatoms. The molecule has 0 saturated carbocycles. The molecule has 0 aliphatic carbocycles. The molecule has 1 aliphatic rings. The Bertz CT molecular complexity index is 627. The van der Waals surface area contributed by atoms with Gasteiger partial charge in [-0.05, 0) is 24.5 Å². The SMILES string of the molecule is CCc1ccccc1CS(=O)(=O)C1=NOC(C)(CCl)C1. The molecule has 0 saturated heterocycles. The average Bonchev–Trinajstić information content (AvgIpc) is 2.83. The topological polar surface area (TPSA) is 55.7 Å². The number of benzene rings is 1. The molecule has 0 bridgehead atoms. The van der Waals surface area contributed by atoms with E-state index < -0.39 is 15.4 Å². The molecule has 0 spiro atoms. The van der Waals surface area contributed by atoms with Crippen molar-refractivity contribution in [3.05, 3.63) is 35.4 Å². The Morgan fingerprint density at radius 2 is 2.00 bits per heavy atom. The van der Waals surface area contributed by atoms with E-state index in [1.807, 2.05) is 31.2 Å². The van der Waals surface area contributed by atoms with Crippen LogP contribution in [0.4, 0.5) is 0 Å². The lowest BCUT2D eigenvalue weighted by molar-refractivity contribution is 0.0152. The lowest BCUT2D eigenvalue weighted by atomic mass is 10.1. The molecule has 1 heterocycles. The van der Waals surface area contributed by atoms with Gasteiger partial charge in [-0.25, -0.2) is 8.42 Å². The lowest BCUT2D eigenvalue weighted by Crippen LogP contribution is -2.28. The van der Waals surface area contributed by atoms with E-state index in [-0.39, 0.29) is 23.1 Å². The van der Waals surface area contributed by atoms with Crippen molar-refractivity contribution in [3.63, 3.8) is 0 Å². The molecule has 1 unspecified atom stereocenters. The highest BCUT2D eigenvalue weighted by atomic mass is 35.5. The second kappa shape index (κ2) is 5.74. The number of hydrogen-bond acceptors (Lipinski definition) is 4. The number of hydrogen-bond donors (Lipinski definition) is 0. The van der Waals surface area contributed by atoms with E-state index >= 15 is 0 Å². The van der Waals surface area contributed by atoms with Crippen LogP contribution in [0.3, 0.4) is 0 Å². The molecule has 0 amide bonds. The zero-order valence-electron chi connectivity index (χ0n) is 11.6. The van der Waals surface area contributed by atoms with E-state index in [4.69, 9.17) is 16.4 Å². The Morgan fingerprint density at radius 3 is 2.55 bits per heavy atom. The van der Waals surface area contributed by atoms with Crippen LogP contribution in [0.25, 0.3) is 0 Å². The summed E-state index contributed by atoms with van der Waals surface area (Å²) in [4.78, 5) is 5.16. The summed E-state index contributed by atoms with van der Waals surface area (Å²) < 4.78 is 24.8. The molecule has 1 aromatic rings. The zero-order valence-corrected chi connectivity index (χ0v) is 13.2. The molecular weight excluding hydrogens is 298 g/mol. The van der Waals surface area contributed by atoms with Gasteiger partial charge in [0, 0.05) is 6.42 Å². The lowest BCUT2D eigenvalue weighted by Gasteiger charge is -2.16. The van der Waals surface area contributed by atoms with E-state index in [2.05, 4.69) is 5.16 Å². The molecule has 0 aromatic heterocycles. The van der Waals surface area contributed by atoms with Crippen molar-refractivity contribution < 1.29 is 13.3 Å². The maximum atomic E-state index is 12.4. The van der Waals surface area contributed by atoms with Crippen molar-refractivity contribution in [2.75, 3.05) is 5.88 Å². The van der Waals surface area contributed by atoms with Crippen LogP contribution in [0.15, 0.2) is 29.4 Å². The van der Waals surface area contributed by atoms with Crippen LogP contribution < -0.4 is 0 Å². The van der Waals surface area contributed by atoms with Gasteiger partial charge in [0.15, 0.2) is 20.5 Å². The molecule has 110 valence electrons. The van der Waals surface area contributed by atoms with Crippen molar-refractivity contribution in [2.45, 2.75) is 38.0 Å². The first-order valence-electron chi connectivity index (χ1n) is 6.51. The Kier molecular flexibility index (Phi) is 4.39. The predicted molar refractivity (Wildman–Crippen MR) is 80.7 cm³/mol. The Balaban J connectivity index is 2.21. The average molecular weight is 316 g/mol. The van der Waals surface area contributed by atoms with Crippen LogP contribution in [0.5, 0.6) is 0 Å². The van der Waals surface area contributed by atoms with Gasteiger partial charge in [-0.2, -0.15) is 0 Å². The maximum absolute atomic E-state index is 12.4. The number of sulfone groups is 1. The van der Waals surface area contributed by atoms with Crippen molar-refractivity contribution in [3.8, 4) is 0 Å². The van der Waals surface area contributed by atoms with Crippen LogP contribution in [-0.2, 0) is 26.8 Å². The third kappa shape index (κ3) is 3.15. The van der Waals surface area contributed by atoms with Crippen molar-refractivity contribution in [2.24, 2.45) is 5.16 Å². The van der Waals surface area contributed by atoms with Gasteiger partial charge >= 0.3 is 0 Å². The first-order chi connectivity index (χ1) is 9.40. The first-order valence-corrected chi connectivity index (χ1v) is 8.69. The van der Waals surface area contributed by atoms with E-state index in [9.17, 15) is 8.42 Å². The van der Waals surface area contributed by atoms with Gasteiger partial charge < -0.3 is 4.84 Å². The second-order valence-corrected chi connectivity index (χ2v) is 7.47. The summed E-state index contributed by atoms with van der Waals surface area (Å²) in [5.74, 6) is 0.165. The summed E-state index contributed by atoms with van der Waals surface area (Å²) in [5.41, 5.74) is 1.14. The van der Waals surface area contributed by atoms with Crippen LogP contribution >= 0.6 is 11.6 Å². The highest BCUT2D eigenvalue weighted by Gasteiger charge is 2.39. The number of oxime groups is 1. The molecule has 1 aliphatic heterocycles. The number of aryl methyl sites for hydroxylation is 1.